The molecule has 1 aliphatic rings. The monoisotopic (exact) mass is 233 g/mol. The molecule has 15 heavy (non-hydrogen) atoms. The predicted octanol–water partition coefficient (Wildman–Crippen LogP) is 1.59. The van der Waals surface area contributed by atoms with Gasteiger partial charge in [0.1, 0.15) is 9.84 Å². The highest BCUT2D eigenvalue weighted by atomic mass is 32.2. The van der Waals surface area contributed by atoms with E-state index >= 15 is 0 Å². The number of nitrogens with one attached hydrogen (secondary N) is 1. The molecule has 1 atom stereocenters. The summed E-state index contributed by atoms with van der Waals surface area (Å²) in [4.78, 5) is 0. The first-order valence-electron chi connectivity index (χ1n) is 5.90. The summed E-state index contributed by atoms with van der Waals surface area (Å²) in [6.07, 6.45) is 7.42. The molecule has 0 spiro atoms. The zero-order valence-corrected chi connectivity index (χ0v) is 10.6. The Morgan fingerprint density at radius 1 is 1.33 bits per heavy atom. The van der Waals surface area contributed by atoms with Gasteiger partial charge < -0.3 is 5.32 Å². The van der Waals surface area contributed by atoms with E-state index in [9.17, 15) is 8.42 Å². The minimum Gasteiger partial charge on any atom is -0.314 e. The van der Waals surface area contributed by atoms with Crippen molar-refractivity contribution in [2.24, 2.45) is 5.92 Å². The molecule has 1 rings (SSSR count). The van der Waals surface area contributed by atoms with Crippen molar-refractivity contribution in [1.82, 2.24) is 5.32 Å². The normalized spacial score (nSPS) is 20.7. The summed E-state index contributed by atoms with van der Waals surface area (Å²) in [7, 11) is -2.78. The Bertz CT molecular complexity index is 268. The Hall–Kier alpha value is -0.0900. The molecule has 0 heterocycles. The molecule has 1 N–H and O–H groups in total. The van der Waals surface area contributed by atoms with Crippen LogP contribution in [0.15, 0.2) is 0 Å². The average molecular weight is 233 g/mol. The van der Waals surface area contributed by atoms with E-state index in [1.165, 1.54) is 31.9 Å². The second kappa shape index (κ2) is 5.85. The fraction of sp³-hybridized carbons (Fsp3) is 1.00. The number of hydrogen-bond donors (Lipinski definition) is 1. The lowest BCUT2D eigenvalue weighted by molar-refractivity contribution is 0.382. The Balaban J connectivity index is 2.09. The molecule has 0 unspecified atom stereocenters. The summed E-state index contributed by atoms with van der Waals surface area (Å²) < 4.78 is 21.8. The van der Waals surface area contributed by atoms with Gasteiger partial charge in [0.05, 0.1) is 5.75 Å². The van der Waals surface area contributed by atoms with Crippen molar-refractivity contribution in [3.05, 3.63) is 0 Å². The summed E-state index contributed by atoms with van der Waals surface area (Å²) in [6.45, 7) is 3.04. The molecule has 0 radical (unpaired) electrons. The van der Waals surface area contributed by atoms with Crippen molar-refractivity contribution in [3.8, 4) is 0 Å². The van der Waals surface area contributed by atoms with E-state index in [1.807, 2.05) is 0 Å². The SMILES string of the molecule is C[C@@H](NCCCS(C)(=O)=O)C1CCCC1. The molecule has 0 bridgehead atoms. The van der Waals surface area contributed by atoms with Crippen LogP contribution in [0.1, 0.15) is 39.0 Å². The zero-order valence-electron chi connectivity index (χ0n) is 9.83. The lowest BCUT2D eigenvalue weighted by Gasteiger charge is -2.20. The van der Waals surface area contributed by atoms with E-state index in [-0.39, 0.29) is 0 Å². The van der Waals surface area contributed by atoms with E-state index < -0.39 is 9.84 Å². The van der Waals surface area contributed by atoms with Gasteiger partial charge in [-0.25, -0.2) is 8.42 Å². The fourth-order valence-corrected chi connectivity index (χ4v) is 2.96. The summed E-state index contributed by atoms with van der Waals surface area (Å²) in [5, 5.41) is 3.43. The van der Waals surface area contributed by atoms with Crippen molar-refractivity contribution < 1.29 is 8.42 Å². The van der Waals surface area contributed by atoms with Gasteiger partial charge in [-0.2, -0.15) is 0 Å². The highest BCUT2D eigenvalue weighted by molar-refractivity contribution is 7.90. The Kier molecular flexibility index (Phi) is 5.06. The van der Waals surface area contributed by atoms with Crippen molar-refractivity contribution in [3.63, 3.8) is 0 Å². The summed E-state index contributed by atoms with van der Waals surface area (Å²) in [6, 6.07) is 0.548. The first kappa shape index (κ1) is 13.0. The van der Waals surface area contributed by atoms with Gasteiger partial charge in [0.25, 0.3) is 0 Å². The van der Waals surface area contributed by atoms with Gasteiger partial charge in [-0.05, 0) is 38.6 Å². The molecule has 0 aromatic rings. The molecule has 0 aromatic heterocycles. The molecule has 0 aromatic carbocycles. The summed E-state index contributed by atoms with van der Waals surface area (Å²) >= 11 is 0. The minimum absolute atomic E-state index is 0.303. The Morgan fingerprint density at radius 2 is 1.93 bits per heavy atom. The molecular weight excluding hydrogens is 210 g/mol. The van der Waals surface area contributed by atoms with Gasteiger partial charge in [0.2, 0.25) is 0 Å². The lowest BCUT2D eigenvalue weighted by Crippen LogP contribution is -2.33. The van der Waals surface area contributed by atoms with Crippen molar-refractivity contribution in [2.45, 2.75) is 45.1 Å². The summed E-state index contributed by atoms with van der Waals surface area (Å²) in [5.74, 6) is 1.11. The quantitative estimate of drug-likeness (QED) is 0.709. The van der Waals surface area contributed by atoms with Gasteiger partial charge in [-0.1, -0.05) is 12.8 Å². The van der Waals surface area contributed by atoms with Crippen LogP contribution in [0.2, 0.25) is 0 Å². The van der Waals surface area contributed by atoms with Gasteiger partial charge in [0, 0.05) is 12.3 Å². The predicted molar refractivity (Wildman–Crippen MR) is 63.8 cm³/mol. The molecule has 90 valence electrons. The van der Waals surface area contributed by atoms with Crippen LogP contribution in [0.25, 0.3) is 0 Å². The number of sulfone groups is 1. The molecule has 0 aliphatic heterocycles. The highest BCUT2D eigenvalue weighted by Crippen LogP contribution is 2.27. The topological polar surface area (TPSA) is 46.2 Å². The van der Waals surface area contributed by atoms with Crippen molar-refractivity contribution in [1.29, 1.82) is 0 Å². The standard InChI is InChI=1S/C11H23NO2S/c1-10(11-6-3-4-7-11)12-8-5-9-15(2,13)14/h10-12H,3-9H2,1-2H3/t10-/m1/s1. The second-order valence-corrected chi connectivity index (χ2v) is 7.03. The maximum absolute atomic E-state index is 10.9. The molecule has 0 saturated heterocycles. The van der Waals surface area contributed by atoms with Gasteiger partial charge in [0.15, 0.2) is 0 Å². The van der Waals surface area contributed by atoms with Crippen LogP contribution in [-0.4, -0.2) is 33.0 Å². The van der Waals surface area contributed by atoms with Crippen LogP contribution in [0.5, 0.6) is 0 Å². The molecule has 1 fully saturated rings. The zero-order chi connectivity index (χ0) is 11.3. The first-order valence-corrected chi connectivity index (χ1v) is 7.96. The molecule has 1 saturated carbocycles. The third-order valence-electron chi connectivity index (χ3n) is 3.27. The van der Waals surface area contributed by atoms with E-state index in [4.69, 9.17) is 0 Å². The largest absolute Gasteiger partial charge is 0.314 e. The highest BCUT2D eigenvalue weighted by Gasteiger charge is 2.20. The van der Waals surface area contributed by atoms with Gasteiger partial charge >= 0.3 is 0 Å². The third-order valence-corrected chi connectivity index (χ3v) is 4.30. The van der Waals surface area contributed by atoms with E-state index in [2.05, 4.69) is 12.2 Å². The third kappa shape index (κ3) is 5.52. The maximum Gasteiger partial charge on any atom is 0.147 e. The Morgan fingerprint density at radius 3 is 2.47 bits per heavy atom. The van der Waals surface area contributed by atoms with E-state index in [0.29, 0.717) is 11.8 Å². The number of rotatable bonds is 6. The van der Waals surface area contributed by atoms with Crippen LogP contribution in [-0.2, 0) is 9.84 Å². The van der Waals surface area contributed by atoms with Crippen molar-refractivity contribution in [2.75, 3.05) is 18.6 Å². The molecular formula is C11H23NO2S. The van der Waals surface area contributed by atoms with Crippen LogP contribution < -0.4 is 5.32 Å². The smallest absolute Gasteiger partial charge is 0.147 e. The molecule has 0 amide bonds. The summed E-state index contributed by atoms with van der Waals surface area (Å²) in [5.41, 5.74) is 0. The number of hydrogen-bond acceptors (Lipinski definition) is 3. The van der Waals surface area contributed by atoms with Crippen LogP contribution >= 0.6 is 0 Å². The molecule has 3 nitrogen and oxygen atoms in total. The van der Waals surface area contributed by atoms with Gasteiger partial charge in [-0.3, -0.25) is 0 Å². The maximum atomic E-state index is 10.9. The minimum atomic E-state index is -2.78. The molecule has 4 heteroatoms. The first-order chi connectivity index (χ1) is 6.99. The van der Waals surface area contributed by atoms with Crippen LogP contribution in [0.3, 0.4) is 0 Å². The second-order valence-electron chi connectivity index (χ2n) is 4.77. The van der Waals surface area contributed by atoms with E-state index in [1.54, 1.807) is 0 Å². The lowest BCUT2D eigenvalue weighted by atomic mass is 10.00. The fourth-order valence-electron chi connectivity index (χ4n) is 2.29. The van der Waals surface area contributed by atoms with Crippen LogP contribution in [0.4, 0.5) is 0 Å². The van der Waals surface area contributed by atoms with E-state index in [0.717, 1.165) is 18.9 Å². The van der Waals surface area contributed by atoms with Crippen LogP contribution in [0, 0.1) is 5.92 Å². The van der Waals surface area contributed by atoms with Gasteiger partial charge in [-0.15, -0.1) is 0 Å². The molecule has 1 aliphatic carbocycles. The Labute approximate surface area is 93.6 Å². The average Bonchev–Trinajstić information content (AvgIpc) is 2.63. The van der Waals surface area contributed by atoms with Crippen molar-refractivity contribution >= 4 is 9.84 Å².